The molecule has 0 aromatic heterocycles. The maximum atomic E-state index is 5.83. The SMILES string of the molecule is CCCNC(COC(C)C)C1C(C)(C)C1(C)C. The van der Waals surface area contributed by atoms with Gasteiger partial charge in [0, 0.05) is 6.04 Å². The van der Waals surface area contributed by atoms with E-state index in [4.69, 9.17) is 4.74 Å². The Hall–Kier alpha value is -0.0800. The molecule has 2 heteroatoms. The summed E-state index contributed by atoms with van der Waals surface area (Å²) in [4.78, 5) is 0. The number of hydrogen-bond acceptors (Lipinski definition) is 2. The van der Waals surface area contributed by atoms with Crippen molar-refractivity contribution < 1.29 is 4.74 Å². The van der Waals surface area contributed by atoms with Gasteiger partial charge in [-0.15, -0.1) is 0 Å². The minimum absolute atomic E-state index is 0.325. The number of rotatable bonds is 7. The Kier molecular flexibility index (Phi) is 4.65. The molecule has 0 radical (unpaired) electrons. The fourth-order valence-electron chi connectivity index (χ4n) is 3.15. The van der Waals surface area contributed by atoms with Crippen molar-refractivity contribution in [1.29, 1.82) is 0 Å². The van der Waals surface area contributed by atoms with E-state index >= 15 is 0 Å². The molecule has 102 valence electrons. The Labute approximate surface area is 108 Å². The van der Waals surface area contributed by atoms with E-state index in [0.29, 0.717) is 23.0 Å². The Morgan fingerprint density at radius 2 is 1.65 bits per heavy atom. The van der Waals surface area contributed by atoms with Crippen LogP contribution >= 0.6 is 0 Å². The predicted molar refractivity (Wildman–Crippen MR) is 74.2 cm³/mol. The monoisotopic (exact) mass is 241 g/mol. The molecule has 0 saturated heterocycles. The second kappa shape index (κ2) is 5.27. The maximum Gasteiger partial charge on any atom is 0.0626 e. The smallest absolute Gasteiger partial charge is 0.0626 e. The van der Waals surface area contributed by atoms with Crippen LogP contribution in [0, 0.1) is 16.7 Å². The highest BCUT2D eigenvalue weighted by atomic mass is 16.5. The van der Waals surface area contributed by atoms with E-state index in [2.05, 4.69) is 53.8 Å². The van der Waals surface area contributed by atoms with Crippen molar-refractivity contribution in [2.24, 2.45) is 16.7 Å². The third-order valence-corrected chi connectivity index (χ3v) is 4.80. The lowest BCUT2D eigenvalue weighted by Crippen LogP contribution is -2.38. The Morgan fingerprint density at radius 1 is 1.12 bits per heavy atom. The average molecular weight is 241 g/mol. The van der Waals surface area contributed by atoms with Crippen molar-refractivity contribution in [2.45, 2.75) is 67.0 Å². The van der Waals surface area contributed by atoms with Crippen molar-refractivity contribution in [3.05, 3.63) is 0 Å². The van der Waals surface area contributed by atoms with E-state index in [-0.39, 0.29) is 0 Å². The standard InChI is InChI=1S/C15H31NO/c1-8-9-16-12(10-17-11(2)3)13-14(4,5)15(13,6)7/h11-13,16H,8-10H2,1-7H3. The predicted octanol–water partition coefficient (Wildman–Crippen LogP) is 3.46. The van der Waals surface area contributed by atoms with Crippen molar-refractivity contribution in [3.8, 4) is 0 Å². The lowest BCUT2D eigenvalue weighted by Gasteiger charge is -2.22. The van der Waals surface area contributed by atoms with Gasteiger partial charge in [0.1, 0.15) is 0 Å². The lowest BCUT2D eigenvalue weighted by molar-refractivity contribution is 0.0527. The van der Waals surface area contributed by atoms with Crippen LogP contribution in [0.1, 0.15) is 54.9 Å². The summed E-state index contributed by atoms with van der Waals surface area (Å²) in [5.74, 6) is 0.722. The van der Waals surface area contributed by atoms with Gasteiger partial charge in [-0.2, -0.15) is 0 Å². The molecule has 1 unspecified atom stereocenters. The van der Waals surface area contributed by atoms with Crippen molar-refractivity contribution in [1.82, 2.24) is 5.32 Å². The second-order valence-corrected chi connectivity index (χ2v) is 6.86. The molecule has 0 aromatic rings. The summed E-state index contributed by atoms with van der Waals surface area (Å²) in [6.07, 6.45) is 1.51. The van der Waals surface area contributed by atoms with Gasteiger partial charge in [0.05, 0.1) is 12.7 Å². The summed E-state index contributed by atoms with van der Waals surface area (Å²) >= 11 is 0. The lowest BCUT2D eigenvalue weighted by atomic mass is 10.0. The van der Waals surface area contributed by atoms with Crippen LogP contribution in [0.25, 0.3) is 0 Å². The molecule has 0 aromatic carbocycles. The van der Waals surface area contributed by atoms with E-state index in [1.165, 1.54) is 6.42 Å². The summed E-state index contributed by atoms with van der Waals surface area (Å²) in [7, 11) is 0. The van der Waals surface area contributed by atoms with Gasteiger partial charge < -0.3 is 10.1 Å². The zero-order valence-electron chi connectivity index (χ0n) is 12.8. The van der Waals surface area contributed by atoms with Crippen LogP contribution in [0.2, 0.25) is 0 Å². The first-order valence-corrected chi connectivity index (χ1v) is 7.10. The topological polar surface area (TPSA) is 21.3 Å². The largest absolute Gasteiger partial charge is 0.377 e. The van der Waals surface area contributed by atoms with Crippen LogP contribution in [0.15, 0.2) is 0 Å². The molecule has 0 bridgehead atoms. The third kappa shape index (κ3) is 3.03. The molecule has 1 aliphatic rings. The van der Waals surface area contributed by atoms with Crippen LogP contribution in [-0.4, -0.2) is 25.3 Å². The van der Waals surface area contributed by atoms with Crippen molar-refractivity contribution >= 4 is 0 Å². The second-order valence-electron chi connectivity index (χ2n) is 6.86. The zero-order valence-corrected chi connectivity index (χ0v) is 12.8. The molecule has 0 heterocycles. The highest BCUT2D eigenvalue weighted by molar-refractivity contribution is 5.16. The highest BCUT2D eigenvalue weighted by Crippen LogP contribution is 2.69. The first-order chi connectivity index (χ1) is 7.75. The molecule has 0 spiro atoms. The molecule has 1 rings (SSSR count). The van der Waals surface area contributed by atoms with Crippen molar-refractivity contribution in [2.75, 3.05) is 13.2 Å². The summed E-state index contributed by atoms with van der Waals surface area (Å²) in [5, 5.41) is 3.67. The van der Waals surface area contributed by atoms with E-state index in [1.807, 2.05) is 0 Å². The van der Waals surface area contributed by atoms with E-state index in [0.717, 1.165) is 19.1 Å². The highest BCUT2D eigenvalue weighted by Gasteiger charge is 2.66. The first kappa shape index (κ1) is 15.0. The zero-order chi connectivity index (χ0) is 13.3. The normalized spacial score (nSPS) is 24.0. The molecule has 1 N–H and O–H groups in total. The van der Waals surface area contributed by atoms with Crippen LogP contribution in [0.3, 0.4) is 0 Å². The third-order valence-electron chi connectivity index (χ3n) is 4.80. The van der Waals surface area contributed by atoms with Gasteiger partial charge in [0.25, 0.3) is 0 Å². The first-order valence-electron chi connectivity index (χ1n) is 7.10. The molecule has 1 atom stereocenters. The summed E-state index contributed by atoms with van der Waals surface area (Å²) < 4.78 is 5.83. The Balaban J connectivity index is 2.58. The van der Waals surface area contributed by atoms with E-state index in [1.54, 1.807) is 0 Å². The molecule has 2 nitrogen and oxygen atoms in total. The van der Waals surface area contributed by atoms with Gasteiger partial charge in [-0.1, -0.05) is 34.6 Å². The fourth-order valence-corrected chi connectivity index (χ4v) is 3.15. The molecule has 17 heavy (non-hydrogen) atoms. The summed E-state index contributed by atoms with van der Waals surface area (Å²) in [6, 6.07) is 0.502. The fraction of sp³-hybridized carbons (Fsp3) is 1.00. The molecule has 1 aliphatic carbocycles. The van der Waals surface area contributed by atoms with Crippen molar-refractivity contribution in [3.63, 3.8) is 0 Å². The van der Waals surface area contributed by atoms with Gasteiger partial charge in [0.2, 0.25) is 0 Å². The molecular formula is C15H31NO. The quantitative estimate of drug-likeness (QED) is 0.737. The van der Waals surface area contributed by atoms with E-state index < -0.39 is 0 Å². The Bertz CT molecular complexity index is 231. The molecular weight excluding hydrogens is 210 g/mol. The maximum absolute atomic E-state index is 5.83. The van der Waals surface area contributed by atoms with Gasteiger partial charge in [-0.3, -0.25) is 0 Å². The minimum atomic E-state index is 0.325. The van der Waals surface area contributed by atoms with Crippen LogP contribution in [0.5, 0.6) is 0 Å². The molecule has 0 aliphatic heterocycles. The molecule has 1 saturated carbocycles. The Morgan fingerprint density at radius 3 is 2.00 bits per heavy atom. The van der Waals surface area contributed by atoms with Gasteiger partial charge in [0.15, 0.2) is 0 Å². The average Bonchev–Trinajstić information content (AvgIpc) is 2.59. The van der Waals surface area contributed by atoms with Gasteiger partial charge in [-0.25, -0.2) is 0 Å². The number of hydrogen-bond donors (Lipinski definition) is 1. The minimum Gasteiger partial charge on any atom is -0.377 e. The van der Waals surface area contributed by atoms with Gasteiger partial charge in [-0.05, 0) is 43.6 Å². The van der Waals surface area contributed by atoms with Crippen LogP contribution in [0.4, 0.5) is 0 Å². The number of ether oxygens (including phenoxy) is 1. The number of nitrogens with one attached hydrogen (secondary N) is 1. The summed E-state index contributed by atoms with van der Waals surface area (Å²) in [6.45, 7) is 17.9. The summed E-state index contributed by atoms with van der Waals surface area (Å²) in [5.41, 5.74) is 0.859. The van der Waals surface area contributed by atoms with E-state index in [9.17, 15) is 0 Å². The van der Waals surface area contributed by atoms with Gasteiger partial charge >= 0.3 is 0 Å². The molecule has 0 amide bonds. The van der Waals surface area contributed by atoms with Crippen LogP contribution in [-0.2, 0) is 4.74 Å². The molecule has 1 fully saturated rings. The van der Waals surface area contributed by atoms with Crippen LogP contribution < -0.4 is 5.32 Å².